The van der Waals surface area contributed by atoms with Gasteiger partial charge in [0.2, 0.25) is 5.91 Å². The summed E-state index contributed by atoms with van der Waals surface area (Å²) in [5.41, 5.74) is 6.97. The summed E-state index contributed by atoms with van der Waals surface area (Å²) < 4.78 is 1.75. The zero-order valence-electron chi connectivity index (χ0n) is 11.9. The number of benzene rings is 1. The molecule has 1 heterocycles. The van der Waals surface area contributed by atoms with Crippen molar-refractivity contribution in [1.82, 2.24) is 9.78 Å². The van der Waals surface area contributed by atoms with Gasteiger partial charge in [0.05, 0.1) is 5.69 Å². The first kappa shape index (κ1) is 13.8. The smallest absolute Gasteiger partial charge is 0.225 e. The lowest BCUT2D eigenvalue weighted by molar-refractivity contribution is -0.117. The average Bonchev–Trinajstić information content (AvgIpc) is 3.10. The maximum Gasteiger partial charge on any atom is 0.225 e. The Morgan fingerprint density at radius 2 is 2.10 bits per heavy atom. The van der Waals surface area contributed by atoms with Crippen molar-refractivity contribution < 1.29 is 4.79 Å². The lowest BCUT2D eigenvalue weighted by Gasteiger charge is -2.13. The molecule has 3 rings (SSSR count). The second kappa shape index (κ2) is 6.10. The van der Waals surface area contributed by atoms with Crippen LogP contribution in [0.2, 0.25) is 0 Å². The molecule has 0 radical (unpaired) electrons. The van der Waals surface area contributed by atoms with Crippen LogP contribution in [0.5, 0.6) is 0 Å². The zero-order valence-corrected chi connectivity index (χ0v) is 11.9. The number of aromatic nitrogens is 2. The van der Waals surface area contributed by atoms with Crippen LogP contribution in [0.1, 0.15) is 25.7 Å². The predicted molar refractivity (Wildman–Crippen MR) is 82.1 cm³/mol. The third-order valence-electron chi connectivity index (χ3n) is 4.04. The maximum absolute atomic E-state index is 12.0. The number of anilines is 1. The molecule has 3 N–H and O–H groups in total. The van der Waals surface area contributed by atoms with E-state index in [0.29, 0.717) is 18.2 Å². The van der Waals surface area contributed by atoms with Crippen LogP contribution in [0, 0.1) is 5.92 Å². The van der Waals surface area contributed by atoms with Gasteiger partial charge in [-0.3, -0.25) is 4.79 Å². The SMILES string of the molecule is N[C@@H]1CCC[C@H]1CC(=O)Nc1ccn(-c2ccccc2)n1. The highest BCUT2D eigenvalue weighted by Gasteiger charge is 2.26. The number of hydrogen-bond acceptors (Lipinski definition) is 3. The molecule has 1 aliphatic carbocycles. The van der Waals surface area contributed by atoms with Gasteiger partial charge in [0.25, 0.3) is 0 Å². The van der Waals surface area contributed by atoms with Crippen LogP contribution in [-0.4, -0.2) is 21.7 Å². The molecular weight excluding hydrogens is 264 g/mol. The molecule has 5 heteroatoms. The molecule has 0 unspecified atom stereocenters. The summed E-state index contributed by atoms with van der Waals surface area (Å²) in [7, 11) is 0. The van der Waals surface area contributed by atoms with Gasteiger partial charge in [0, 0.05) is 24.7 Å². The molecule has 0 bridgehead atoms. The monoisotopic (exact) mass is 284 g/mol. The van der Waals surface area contributed by atoms with E-state index in [1.807, 2.05) is 36.5 Å². The number of nitrogens with one attached hydrogen (secondary N) is 1. The molecule has 0 saturated heterocycles. The normalized spacial score (nSPS) is 21.4. The minimum Gasteiger partial charge on any atom is -0.327 e. The molecule has 1 fully saturated rings. The van der Waals surface area contributed by atoms with Crippen LogP contribution < -0.4 is 11.1 Å². The van der Waals surface area contributed by atoms with Crippen molar-refractivity contribution in [3.8, 4) is 5.69 Å². The van der Waals surface area contributed by atoms with Gasteiger partial charge >= 0.3 is 0 Å². The Bertz CT molecular complexity index is 608. The van der Waals surface area contributed by atoms with Gasteiger partial charge in [-0.1, -0.05) is 24.6 Å². The van der Waals surface area contributed by atoms with Crippen LogP contribution in [0.4, 0.5) is 5.82 Å². The predicted octanol–water partition coefficient (Wildman–Crippen LogP) is 2.33. The van der Waals surface area contributed by atoms with Crippen LogP contribution >= 0.6 is 0 Å². The van der Waals surface area contributed by atoms with Gasteiger partial charge in [-0.25, -0.2) is 4.68 Å². The third kappa shape index (κ3) is 3.31. The molecule has 1 saturated carbocycles. The number of nitrogens with zero attached hydrogens (tertiary/aromatic N) is 2. The quantitative estimate of drug-likeness (QED) is 0.905. The number of amides is 1. The number of carbonyl (C=O) groups excluding carboxylic acids is 1. The van der Waals surface area contributed by atoms with Crippen molar-refractivity contribution >= 4 is 11.7 Å². The van der Waals surface area contributed by atoms with Gasteiger partial charge in [0.15, 0.2) is 5.82 Å². The topological polar surface area (TPSA) is 72.9 Å². The Labute approximate surface area is 124 Å². The van der Waals surface area contributed by atoms with Crippen LogP contribution in [-0.2, 0) is 4.79 Å². The largest absolute Gasteiger partial charge is 0.327 e. The molecule has 2 atom stereocenters. The van der Waals surface area contributed by atoms with Crippen molar-refractivity contribution in [2.24, 2.45) is 11.7 Å². The Morgan fingerprint density at radius 3 is 2.81 bits per heavy atom. The van der Waals surface area contributed by atoms with Gasteiger partial charge in [-0.2, -0.15) is 5.10 Å². The highest BCUT2D eigenvalue weighted by Crippen LogP contribution is 2.27. The van der Waals surface area contributed by atoms with E-state index in [1.165, 1.54) is 0 Å². The van der Waals surface area contributed by atoms with E-state index in [9.17, 15) is 4.79 Å². The number of hydrogen-bond donors (Lipinski definition) is 2. The maximum atomic E-state index is 12.0. The Morgan fingerprint density at radius 1 is 1.29 bits per heavy atom. The van der Waals surface area contributed by atoms with Crippen molar-refractivity contribution in [3.63, 3.8) is 0 Å². The van der Waals surface area contributed by atoms with Crippen LogP contribution in [0.3, 0.4) is 0 Å². The Kier molecular flexibility index (Phi) is 4.01. The number of nitrogens with two attached hydrogens (primary N) is 1. The molecule has 1 aromatic heterocycles. The molecule has 1 aromatic carbocycles. The van der Waals surface area contributed by atoms with E-state index in [2.05, 4.69) is 10.4 Å². The minimum absolute atomic E-state index is 0.00402. The fraction of sp³-hybridized carbons (Fsp3) is 0.375. The summed E-state index contributed by atoms with van der Waals surface area (Å²) >= 11 is 0. The van der Waals surface area contributed by atoms with E-state index in [-0.39, 0.29) is 11.9 Å². The van der Waals surface area contributed by atoms with E-state index in [1.54, 1.807) is 10.7 Å². The molecule has 2 aromatic rings. The minimum atomic E-state index is -0.00402. The first-order valence-corrected chi connectivity index (χ1v) is 7.39. The van der Waals surface area contributed by atoms with Crippen molar-refractivity contribution in [2.75, 3.05) is 5.32 Å². The van der Waals surface area contributed by atoms with Gasteiger partial charge in [-0.05, 0) is 30.9 Å². The fourth-order valence-electron chi connectivity index (χ4n) is 2.87. The summed E-state index contributed by atoms with van der Waals surface area (Å²) in [5, 5.41) is 7.22. The number of para-hydroxylation sites is 1. The molecule has 110 valence electrons. The van der Waals surface area contributed by atoms with Crippen molar-refractivity contribution in [1.29, 1.82) is 0 Å². The van der Waals surface area contributed by atoms with Crippen molar-refractivity contribution in [3.05, 3.63) is 42.6 Å². The molecule has 0 aliphatic heterocycles. The van der Waals surface area contributed by atoms with Gasteiger partial charge in [0.1, 0.15) is 0 Å². The van der Waals surface area contributed by atoms with Crippen LogP contribution in [0.15, 0.2) is 42.6 Å². The average molecular weight is 284 g/mol. The van der Waals surface area contributed by atoms with E-state index >= 15 is 0 Å². The molecule has 21 heavy (non-hydrogen) atoms. The van der Waals surface area contributed by atoms with Gasteiger partial charge in [-0.15, -0.1) is 0 Å². The second-order valence-corrected chi connectivity index (χ2v) is 5.59. The Hall–Kier alpha value is -2.14. The second-order valence-electron chi connectivity index (χ2n) is 5.59. The zero-order chi connectivity index (χ0) is 14.7. The molecule has 5 nitrogen and oxygen atoms in total. The summed E-state index contributed by atoms with van der Waals surface area (Å²) in [6.07, 6.45) is 5.53. The summed E-state index contributed by atoms with van der Waals surface area (Å²) in [4.78, 5) is 12.0. The highest BCUT2D eigenvalue weighted by atomic mass is 16.1. The lowest BCUT2D eigenvalue weighted by atomic mass is 10.00. The summed E-state index contributed by atoms with van der Waals surface area (Å²) in [5.74, 6) is 0.882. The first-order chi connectivity index (χ1) is 10.2. The fourth-order valence-corrected chi connectivity index (χ4v) is 2.87. The van der Waals surface area contributed by atoms with Crippen molar-refractivity contribution in [2.45, 2.75) is 31.7 Å². The molecule has 0 spiro atoms. The third-order valence-corrected chi connectivity index (χ3v) is 4.04. The van der Waals surface area contributed by atoms with Gasteiger partial charge < -0.3 is 11.1 Å². The summed E-state index contributed by atoms with van der Waals surface area (Å²) in [6, 6.07) is 11.8. The summed E-state index contributed by atoms with van der Waals surface area (Å²) in [6.45, 7) is 0. The molecule has 1 amide bonds. The highest BCUT2D eigenvalue weighted by molar-refractivity contribution is 5.89. The lowest BCUT2D eigenvalue weighted by Crippen LogP contribution is -2.28. The van der Waals surface area contributed by atoms with E-state index in [4.69, 9.17) is 5.73 Å². The van der Waals surface area contributed by atoms with E-state index < -0.39 is 0 Å². The molecule has 1 aliphatic rings. The first-order valence-electron chi connectivity index (χ1n) is 7.39. The standard InChI is InChI=1S/C16H20N4O/c17-14-8-4-5-12(14)11-16(21)18-15-9-10-20(19-15)13-6-2-1-3-7-13/h1-3,6-7,9-10,12,14H,4-5,8,11,17H2,(H,18,19,21)/t12-,14+/m0/s1. The Balaban J connectivity index is 1.61. The van der Waals surface area contributed by atoms with Crippen LogP contribution in [0.25, 0.3) is 5.69 Å². The number of carbonyl (C=O) groups is 1. The number of rotatable bonds is 4. The van der Waals surface area contributed by atoms with E-state index in [0.717, 1.165) is 24.9 Å². The molecular formula is C16H20N4O.